The fourth-order valence-corrected chi connectivity index (χ4v) is 0. The highest BCUT2D eigenvalue weighted by Crippen LogP contribution is 1.98. The Morgan fingerprint density at radius 2 is 1.67 bits per heavy atom. The van der Waals surface area contributed by atoms with E-state index in [1.165, 1.54) is 0 Å². The summed E-state index contributed by atoms with van der Waals surface area (Å²) in [5.41, 5.74) is 0. The molecule has 0 atom stereocenters. The Bertz CT molecular complexity index is 49.1. The Morgan fingerprint density at radius 3 is 1.67 bits per heavy atom. The van der Waals surface area contributed by atoms with E-state index in [1.54, 1.807) is 0 Å². The minimum Gasteiger partial charge on any atom is -0.582 e. The summed E-state index contributed by atoms with van der Waals surface area (Å²) >= 11 is 0. The van der Waals surface area contributed by atoms with Gasteiger partial charge in [0.15, 0.2) is 31.0 Å². The topological polar surface area (TPSA) is 43.3 Å². The zero-order chi connectivity index (χ0) is 7.86. The molecule has 0 radical (unpaired) electrons. The number of halogens is 2. The fraction of sp³-hybridized carbons (Fsp3) is 1.00. The normalized spacial score (nSPS) is 9.33. The molecule has 0 spiro atoms. The molecule has 0 aromatic rings. The van der Waals surface area contributed by atoms with Crippen molar-refractivity contribution in [1.82, 2.24) is 0 Å². The summed E-state index contributed by atoms with van der Waals surface area (Å²) < 4.78 is 9.09. The largest absolute Gasteiger partial charge is 0.582 e. The fourth-order valence-electron chi connectivity index (χ4n) is 0. The van der Waals surface area contributed by atoms with Crippen LogP contribution in [-0.4, -0.2) is 16.3 Å². The highest BCUT2D eigenvalue weighted by atomic mass is 36.0. The maximum Gasteiger partial charge on any atom is 0.198 e. The maximum absolute atomic E-state index is 9.09. The lowest BCUT2D eigenvalue weighted by Gasteiger charge is -1.90. The van der Waals surface area contributed by atoms with Crippen molar-refractivity contribution in [3.8, 4) is 0 Å². The molecule has 0 aliphatic carbocycles. The Morgan fingerprint density at radius 1 is 1.56 bits per heavy atom. The quantitative estimate of drug-likeness (QED) is 0.643. The minimum absolute atomic E-state index is 0.306. The van der Waals surface area contributed by atoms with Gasteiger partial charge in [0.25, 0.3) is 0 Å². The van der Waals surface area contributed by atoms with E-state index in [2.05, 4.69) is 21.4 Å². The molecule has 0 bridgehead atoms. The smallest absolute Gasteiger partial charge is 0.198 e. The van der Waals surface area contributed by atoms with Crippen LogP contribution in [0.15, 0.2) is 0 Å². The zero-order valence-corrected chi connectivity index (χ0v) is 7.63. The third-order valence-electron chi connectivity index (χ3n) is 0.365. The Kier molecular flexibility index (Phi) is 12.3. The van der Waals surface area contributed by atoms with E-state index in [9.17, 15) is 0 Å². The van der Waals surface area contributed by atoms with Gasteiger partial charge in [-0.1, -0.05) is 13.8 Å². The predicted octanol–water partition coefficient (Wildman–Crippen LogP) is 1.68. The first-order valence-corrected chi connectivity index (χ1v) is 5.16. The van der Waals surface area contributed by atoms with Crippen molar-refractivity contribution in [1.29, 1.82) is 0 Å². The summed E-state index contributed by atoms with van der Waals surface area (Å²) in [6.07, 6.45) is 0. The van der Waals surface area contributed by atoms with Crippen molar-refractivity contribution in [3.63, 3.8) is 0 Å². The van der Waals surface area contributed by atoms with Gasteiger partial charge < -0.3 is 9.66 Å². The van der Waals surface area contributed by atoms with Gasteiger partial charge in [0, 0.05) is 6.61 Å². The van der Waals surface area contributed by atoms with Gasteiger partial charge >= 0.3 is 0 Å². The van der Waals surface area contributed by atoms with Gasteiger partial charge in [-0.25, -0.2) is 0 Å². The minimum atomic E-state index is -1.67. The highest BCUT2D eigenvalue weighted by molar-refractivity contribution is 8.31. The Hall–Kier alpha value is 0.850. The molecule has 0 aliphatic rings. The molecule has 1 N–H and O–H groups in total. The second-order valence-electron chi connectivity index (χ2n) is 1.76. The van der Waals surface area contributed by atoms with Crippen LogP contribution in [0.5, 0.6) is 0 Å². The monoisotopic (exact) mass is 192 g/mol. The van der Waals surface area contributed by atoms with E-state index < -0.39 is 9.60 Å². The van der Waals surface area contributed by atoms with Crippen LogP contribution < -0.4 is 0 Å². The number of hydrogen-bond acceptors (Lipinski definition) is 2. The molecule has 9 heavy (non-hydrogen) atoms. The van der Waals surface area contributed by atoms with Crippen molar-refractivity contribution in [2.45, 2.75) is 13.8 Å². The van der Waals surface area contributed by atoms with Crippen molar-refractivity contribution in [3.05, 3.63) is 0 Å². The molecule has 58 valence electrons. The molecular formula is C4H10Cl2O2S. The van der Waals surface area contributed by atoms with Crippen molar-refractivity contribution >= 4 is 31.0 Å². The van der Waals surface area contributed by atoms with Crippen LogP contribution in [0.2, 0.25) is 0 Å². The van der Waals surface area contributed by atoms with Gasteiger partial charge in [0.2, 0.25) is 0 Å². The molecule has 2 nitrogen and oxygen atoms in total. The van der Waals surface area contributed by atoms with Crippen molar-refractivity contribution in [2.24, 2.45) is 5.92 Å². The van der Waals surface area contributed by atoms with Gasteiger partial charge in [-0.3, -0.25) is 0 Å². The second-order valence-corrected chi connectivity index (χ2v) is 4.28. The number of hydrogen-bond donors (Lipinski definition) is 1. The van der Waals surface area contributed by atoms with Crippen LogP contribution in [0.3, 0.4) is 0 Å². The summed E-state index contributed by atoms with van der Waals surface area (Å²) in [4.78, 5) is 0. The van der Waals surface area contributed by atoms with E-state index in [0.717, 1.165) is 0 Å². The van der Waals surface area contributed by atoms with Gasteiger partial charge in [0.05, 0.1) is 0 Å². The molecule has 5 heteroatoms. The molecule has 0 fully saturated rings. The molecule has 0 unspecified atom stereocenters. The van der Waals surface area contributed by atoms with E-state index in [1.807, 2.05) is 13.8 Å². The van der Waals surface area contributed by atoms with Crippen LogP contribution in [0.25, 0.3) is 0 Å². The Labute approximate surface area is 67.3 Å². The lowest BCUT2D eigenvalue weighted by Crippen LogP contribution is -1.90. The zero-order valence-electron chi connectivity index (χ0n) is 5.30. The van der Waals surface area contributed by atoms with E-state index >= 15 is 0 Å². The number of aliphatic hydroxyl groups excluding tert-OH is 1. The Balaban J connectivity index is 0. The number of aliphatic hydroxyl groups is 1. The summed E-state index contributed by atoms with van der Waals surface area (Å²) in [5, 5.41) is 8.14. The molecule has 0 heterocycles. The highest BCUT2D eigenvalue weighted by Gasteiger charge is 1.83. The molecule has 0 saturated carbocycles. The molecule has 0 saturated heterocycles. The molecule has 0 rings (SSSR count). The molecular weight excluding hydrogens is 183 g/mol. The molecule has 0 aromatic heterocycles. The first kappa shape index (κ1) is 12.5. The second kappa shape index (κ2) is 8.85. The first-order chi connectivity index (χ1) is 4.00. The first-order valence-electron chi connectivity index (χ1n) is 2.35. The summed E-state index contributed by atoms with van der Waals surface area (Å²) in [5.74, 6) is 0.440. The lowest BCUT2D eigenvalue weighted by molar-refractivity contribution is 0.248. The average Bonchev–Trinajstić information content (AvgIpc) is 1.65. The van der Waals surface area contributed by atoms with Gasteiger partial charge in [-0.05, 0) is 5.92 Å². The maximum atomic E-state index is 9.09. The molecule has 0 aromatic carbocycles. The standard InChI is InChI=1S/C4H10O.Cl2OS/c1-4(2)3-5;1-4(2)3/h4-5H,3H2,1-2H3;. The van der Waals surface area contributed by atoms with Gasteiger partial charge in [0.1, 0.15) is 0 Å². The van der Waals surface area contributed by atoms with Crippen LogP contribution in [-0.2, 0) is 9.60 Å². The summed E-state index contributed by atoms with van der Waals surface area (Å²) in [6, 6.07) is 0. The van der Waals surface area contributed by atoms with Gasteiger partial charge in [-0.15, -0.1) is 0 Å². The van der Waals surface area contributed by atoms with Crippen molar-refractivity contribution in [2.75, 3.05) is 6.61 Å². The SMILES string of the molecule is CC(C)CO.[O-][S+](Cl)Cl. The van der Waals surface area contributed by atoms with Crippen LogP contribution in [0, 0.1) is 5.92 Å². The predicted molar refractivity (Wildman–Crippen MR) is 41.8 cm³/mol. The molecule has 0 amide bonds. The van der Waals surface area contributed by atoms with E-state index in [-0.39, 0.29) is 0 Å². The number of rotatable bonds is 1. The third-order valence-corrected chi connectivity index (χ3v) is 0.365. The van der Waals surface area contributed by atoms with E-state index in [4.69, 9.17) is 9.66 Å². The third kappa shape index (κ3) is 51.1. The van der Waals surface area contributed by atoms with Crippen LogP contribution >= 0.6 is 21.4 Å². The van der Waals surface area contributed by atoms with E-state index in [0.29, 0.717) is 12.5 Å². The lowest BCUT2D eigenvalue weighted by atomic mass is 10.2. The van der Waals surface area contributed by atoms with Crippen LogP contribution in [0.1, 0.15) is 13.8 Å². The summed E-state index contributed by atoms with van der Waals surface area (Å²) in [6.45, 7) is 4.25. The van der Waals surface area contributed by atoms with Crippen molar-refractivity contribution < 1.29 is 9.66 Å². The summed E-state index contributed by atoms with van der Waals surface area (Å²) in [7, 11) is 7.36. The van der Waals surface area contributed by atoms with Crippen LogP contribution in [0.4, 0.5) is 0 Å². The average molecular weight is 193 g/mol. The molecule has 0 aliphatic heterocycles. The van der Waals surface area contributed by atoms with Gasteiger partial charge in [-0.2, -0.15) is 0 Å².